The van der Waals surface area contributed by atoms with Gasteiger partial charge in [0, 0.05) is 38.4 Å². The van der Waals surface area contributed by atoms with Gasteiger partial charge in [0.05, 0.1) is 12.3 Å². The molecule has 0 aromatic carbocycles. The molecule has 1 aliphatic carbocycles. The molecule has 3 heterocycles. The van der Waals surface area contributed by atoms with E-state index >= 15 is 0 Å². The first-order chi connectivity index (χ1) is 12.7. The van der Waals surface area contributed by atoms with Crippen LogP contribution in [0.2, 0.25) is 0 Å². The van der Waals surface area contributed by atoms with Crippen LogP contribution in [-0.2, 0) is 11.8 Å². The molecule has 3 aromatic heterocycles. The van der Waals surface area contributed by atoms with Crippen LogP contribution >= 0.6 is 12.4 Å². The first kappa shape index (κ1) is 19.5. The average molecular weight is 390 g/mol. The van der Waals surface area contributed by atoms with Crippen molar-refractivity contribution < 1.29 is 4.74 Å². The Morgan fingerprint density at radius 2 is 2.04 bits per heavy atom. The number of halogens is 1. The van der Waals surface area contributed by atoms with Crippen molar-refractivity contribution in [3.63, 3.8) is 0 Å². The van der Waals surface area contributed by atoms with Crippen molar-refractivity contribution >= 4 is 12.4 Å². The number of nitrogens with zero attached hydrogens (tertiary/aromatic N) is 6. The Balaban J connectivity index is 0.00000210. The van der Waals surface area contributed by atoms with Crippen molar-refractivity contribution in [2.45, 2.75) is 37.3 Å². The minimum Gasteiger partial charge on any atom is -0.380 e. The molecule has 144 valence electrons. The maximum atomic E-state index is 6.19. The zero-order chi connectivity index (χ0) is 18.1. The first-order valence-electron chi connectivity index (χ1n) is 8.82. The topological polar surface area (TPSA) is 96.7 Å². The maximum absolute atomic E-state index is 6.19. The van der Waals surface area contributed by atoms with E-state index in [1.165, 1.54) is 0 Å². The average Bonchev–Trinajstić information content (AvgIpc) is 3.29. The van der Waals surface area contributed by atoms with Gasteiger partial charge in [-0.2, -0.15) is 9.78 Å². The summed E-state index contributed by atoms with van der Waals surface area (Å²) in [5.74, 6) is 2.62. The third kappa shape index (κ3) is 3.73. The molecule has 1 aliphatic rings. The van der Waals surface area contributed by atoms with E-state index in [0.717, 1.165) is 36.6 Å². The number of aryl methyl sites for hydroxylation is 1. The largest absolute Gasteiger partial charge is 0.380 e. The maximum Gasteiger partial charge on any atom is 0.200 e. The van der Waals surface area contributed by atoms with Gasteiger partial charge in [0.25, 0.3) is 0 Å². The van der Waals surface area contributed by atoms with Crippen molar-refractivity contribution in [2.75, 3.05) is 7.11 Å². The van der Waals surface area contributed by atoms with Gasteiger partial charge >= 0.3 is 0 Å². The highest BCUT2D eigenvalue weighted by Gasteiger charge is 2.33. The summed E-state index contributed by atoms with van der Waals surface area (Å²) in [6.07, 6.45) is 6.23. The number of ether oxygens (including phenoxy) is 1. The van der Waals surface area contributed by atoms with E-state index in [1.54, 1.807) is 24.2 Å². The van der Waals surface area contributed by atoms with E-state index in [9.17, 15) is 0 Å². The molecule has 0 spiro atoms. The molecule has 27 heavy (non-hydrogen) atoms. The van der Waals surface area contributed by atoms with Gasteiger partial charge in [-0.25, -0.2) is 4.98 Å². The predicted octanol–water partition coefficient (Wildman–Crippen LogP) is 2.09. The van der Waals surface area contributed by atoms with Crippen LogP contribution in [0.5, 0.6) is 0 Å². The van der Waals surface area contributed by atoms with Crippen LogP contribution in [0.1, 0.15) is 31.0 Å². The highest BCUT2D eigenvalue weighted by molar-refractivity contribution is 5.85. The molecule has 0 amide bonds. The zero-order valence-corrected chi connectivity index (χ0v) is 16.2. The SMILES string of the molecule is CO[C@@H]1C[C@@H](c2nc(-c3ccccn3)nn2-c2ccnn2C)CC[C@H]1N.Cl. The van der Waals surface area contributed by atoms with E-state index in [2.05, 4.69) is 10.1 Å². The number of rotatable bonds is 4. The monoisotopic (exact) mass is 389 g/mol. The summed E-state index contributed by atoms with van der Waals surface area (Å²) in [5, 5.41) is 9.01. The van der Waals surface area contributed by atoms with Crippen molar-refractivity contribution in [3.05, 3.63) is 42.5 Å². The highest BCUT2D eigenvalue weighted by atomic mass is 35.5. The number of aromatic nitrogens is 6. The van der Waals surface area contributed by atoms with Crippen molar-refractivity contribution in [3.8, 4) is 17.3 Å². The Kier molecular flexibility index (Phi) is 5.88. The smallest absolute Gasteiger partial charge is 0.200 e. The molecule has 4 rings (SSSR count). The molecule has 3 aromatic rings. The second-order valence-electron chi connectivity index (χ2n) is 6.68. The summed E-state index contributed by atoms with van der Waals surface area (Å²) >= 11 is 0. The molecular weight excluding hydrogens is 366 g/mol. The van der Waals surface area contributed by atoms with E-state index in [-0.39, 0.29) is 30.5 Å². The summed E-state index contributed by atoms with van der Waals surface area (Å²) in [6.45, 7) is 0. The van der Waals surface area contributed by atoms with Crippen LogP contribution in [0.3, 0.4) is 0 Å². The number of hydrogen-bond acceptors (Lipinski definition) is 6. The summed E-state index contributed by atoms with van der Waals surface area (Å²) in [4.78, 5) is 9.24. The molecule has 1 fully saturated rings. The van der Waals surface area contributed by atoms with Gasteiger partial charge in [0.1, 0.15) is 11.5 Å². The van der Waals surface area contributed by atoms with Crippen LogP contribution < -0.4 is 5.73 Å². The summed E-state index contributed by atoms with van der Waals surface area (Å²) < 4.78 is 9.26. The predicted molar refractivity (Wildman–Crippen MR) is 104 cm³/mol. The van der Waals surface area contributed by atoms with Crippen LogP contribution in [0, 0.1) is 0 Å². The van der Waals surface area contributed by atoms with Crippen LogP contribution in [-0.4, -0.2) is 48.8 Å². The van der Waals surface area contributed by atoms with Crippen LogP contribution in [0.25, 0.3) is 17.3 Å². The minimum absolute atomic E-state index is 0. The minimum atomic E-state index is 0. The van der Waals surface area contributed by atoms with E-state index < -0.39 is 0 Å². The van der Waals surface area contributed by atoms with Gasteiger partial charge in [-0.05, 0) is 31.4 Å². The third-order valence-corrected chi connectivity index (χ3v) is 5.05. The fourth-order valence-electron chi connectivity index (χ4n) is 3.59. The van der Waals surface area contributed by atoms with Gasteiger partial charge in [-0.15, -0.1) is 17.5 Å². The quantitative estimate of drug-likeness (QED) is 0.733. The third-order valence-electron chi connectivity index (χ3n) is 5.05. The lowest BCUT2D eigenvalue weighted by Gasteiger charge is -2.32. The summed E-state index contributed by atoms with van der Waals surface area (Å²) in [6, 6.07) is 7.74. The fourth-order valence-corrected chi connectivity index (χ4v) is 3.59. The molecule has 0 radical (unpaired) electrons. The number of nitrogens with two attached hydrogens (primary N) is 1. The molecule has 8 nitrogen and oxygen atoms in total. The molecule has 1 saturated carbocycles. The van der Waals surface area contributed by atoms with Crippen molar-refractivity contribution in [2.24, 2.45) is 12.8 Å². The molecule has 0 aliphatic heterocycles. The Morgan fingerprint density at radius 1 is 1.19 bits per heavy atom. The normalized spacial score (nSPS) is 22.4. The second-order valence-corrected chi connectivity index (χ2v) is 6.68. The van der Waals surface area contributed by atoms with Gasteiger partial charge in [-0.1, -0.05) is 6.07 Å². The lowest BCUT2D eigenvalue weighted by molar-refractivity contribution is 0.0458. The van der Waals surface area contributed by atoms with Crippen molar-refractivity contribution in [1.29, 1.82) is 0 Å². The highest BCUT2D eigenvalue weighted by Crippen LogP contribution is 2.34. The summed E-state index contributed by atoms with van der Waals surface area (Å²) in [5.41, 5.74) is 6.95. The lowest BCUT2D eigenvalue weighted by atomic mass is 9.83. The van der Waals surface area contributed by atoms with Crippen LogP contribution in [0.15, 0.2) is 36.7 Å². The molecule has 3 atom stereocenters. The Labute approximate surface area is 164 Å². The number of hydrogen-bond donors (Lipinski definition) is 1. The van der Waals surface area contributed by atoms with Crippen LogP contribution in [0.4, 0.5) is 0 Å². The van der Waals surface area contributed by atoms with Gasteiger partial charge in [0.15, 0.2) is 5.82 Å². The zero-order valence-electron chi connectivity index (χ0n) is 15.4. The molecule has 0 bridgehead atoms. The number of methoxy groups -OCH3 is 1. The standard InChI is InChI=1S/C18H23N7O.ClH/c1-24-16(8-10-21-24)25-18(12-6-7-13(19)15(11-12)26-2)22-17(23-25)14-5-3-4-9-20-14;/h3-5,8-10,12-13,15H,6-7,11,19H2,1-2H3;1H/t12-,13+,15+;/m0./s1. The Hall–Kier alpha value is -2.29. The second kappa shape index (κ2) is 8.16. The van der Waals surface area contributed by atoms with E-state index in [4.69, 9.17) is 20.6 Å². The Morgan fingerprint density at radius 3 is 2.70 bits per heavy atom. The van der Waals surface area contributed by atoms with E-state index in [1.807, 2.05) is 36.0 Å². The number of pyridine rings is 1. The lowest BCUT2D eigenvalue weighted by Crippen LogP contribution is -2.41. The fraction of sp³-hybridized carbons (Fsp3) is 0.444. The van der Waals surface area contributed by atoms with E-state index in [0.29, 0.717) is 5.82 Å². The first-order valence-corrected chi connectivity index (χ1v) is 8.82. The van der Waals surface area contributed by atoms with Gasteiger partial charge in [-0.3, -0.25) is 9.67 Å². The molecular formula is C18H24ClN7O. The van der Waals surface area contributed by atoms with Gasteiger partial charge < -0.3 is 10.5 Å². The molecule has 9 heteroatoms. The molecule has 2 N–H and O–H groups in total. The van der Waals surface area contributed by atoms with Crippen molar-refractivity contribution in [1.82, 2.24) is 29.5 Å². The Bertz CT molecular complexity index is 879. The summed E-state index contributed by atoms with van der Waals surface area (Å²) in [7, 11) is 3.62. The molecule has 0 unspecified atom stereocenters. The molecule has 0 saturated heterocycles. The van der Waals surface area contributed by atoms with Gasteiger partial charge in [0.2, 0.25) is 5.82 Å².